The van der Waals surface area contributed by atoms with E-state index in [2.05, 4.69) is 20.7 Å². The summed E-state index contributed by atoms with van der Waals surface area (Å²) in [5.41, 5.74) is -0.513. The van der Waals surface area contributed by atoms with Crippen molar-refractivity contribution in [2.45, 2.75) is 63.2 Å². The number of nitrogens with zero attached hydrogens (tertiary/aromatic N) is 5. The van der Waals surface area contributed by atoms with E-state index < -0.39 is 17.8 Å². The normalized spacial score (nSPS) is 17.9. The van der Waals surface area contributed by atoms with Gasteiger partial charge in [-0.25, -0.2) is 4.98 Å². The molecule has 2 N–H and O–H groups in total. The zero-order valence-electron chi connectivity index (χ0n) is 23.5. The minimum Gasteiger partial charge on any atom is -0.353 e. The molecule has 43 heavy (non-hydrogen) atoms. The fourth-order valence-corrected chi connectivity index (χ4v) is 5.79. The molecule has 0 bridgehead atoms. The number of hydrogen-bond donors (Lipinski definition) is 2. The number of halogens is 4. The van der Waals surface area contributed by atoms with E-state index in [1.807, 2.05) is 0 Å². The first kappa shape index (κ1) is 29.2. The fraction of sp³-hybridized carbons (Fsp3) is 0.483. The molecule has 3 aliphatic rings. The molecule has 2 aromatic heterocycles. The molecule has 2 saturated carbocycles. The largest absolute Gasteiger partial charge is 0.435 e. The standard InChI is InChI=1S/C29H31ClF3N7O3/c1-38-23(21-15-40(19-6-7-19)37-24(21)29(31,32)33)14-34-25(38)27(42)36-18-5-8-20(22(30)13-18)28(43)39-11-9-16(10-12-39)26(41)35-17-3-2-4-17/h5,8,13-17,19H,2-4,6-7,9-12H2,1H3,(H,35,41)(H,36,42). The number of piperidine rings is 1. The van der Waals surface area contributed by atoms with E-state index in [-0.39, 0.29) is 57.5 Å². The molecule has 0 atom stereocenters. The number of alkyl halides is 3. The number of imidazole rings is 1. The van der Waals surface area contributed by atoms with Crippen molar-refractivity contribution in [2.24, 2.45) is 13.0 Å². The van der Waals surface area contributed by atoms with E-state index in [4.69, 9.17) is 11.6 Å². The average molecular weight is 618 g/mol. The van der Waals surface area contributed by atoms with Gasteiger partial charge in [-0.2, -0.15) is 18.3 Å². The van der Waals surface area contributed by atoms with Gasteiger partial charge in [0.1, 0.15) is 0 Å². The molecule has 0 unspecified atom stereocenters. The Hall–Kier alpha value is -3.87. The third-order valence-corrected chi connectivity index (χ3v) is 8.76. The topological polar surface area (TPSA) is 114 Å². The van der Waals surface area contributed by atoms with Crippen molar-refractivity contribution in [3.8, 4) is 11.3 Å². The Balaban J connectivity index is 1.10. The molecular weight excluding hydrogens is 587 g/mol. The maximum atomic E-state index is 13.7. The number of hydrogen-bond acceptors (Lipinski definition) is 5. The molecule has 14 heteroatoms. The van der Waals surface area contributed by atoms with E-state index in [0.29, 0.717) is 31.6 Å². The van der Waals surface area contributed by atoms with Gasteiger partial charge in [0.2, 0.25) is 5.91 Å². The predicted molar refractivity (Wildman–Crippen MR) is 152 cm³/mol. The van der Waals surface area contributed by atoms with Crippen LogP contribution in [0.2, 0.25) is 5.02 Å². The minimum atomic E-state index is -4.67. The lowest BCUT2D eigenvalue weighted by Gasteiger charge is -2.34. The van der Waals surface area contributed by atoms with Crippen molar-refractivity contribution in [2.75, 3.05) is 18.4 Å². The number of anilines is 1. The lowest BCUT2D eigenvalue weighted by molar-refractivity contribution is -0.141. The summed E-state index contributed by atoms with van der Waals surface area (Å²) in [5, 5.41) is 9.63. The SMILES string of the molecule is Cn1c(-c2cn(C3CC3)nc2C(F)(F)F)cnc1C(=O)Nc1ccc(C(=O)N2CCC(C(=O)NC3CCC3)CC2)c(Cl)c1. The third-order valence-electron chi connectivity index (χ3n) is 8.45. The van der Waals surface area contributed by atoms with Gasteiger partial charge < -0.3 is 20.1 Å². The van der Waals surface area contributed by atoms with Crippen LogP contribution in [0.5, 0.6) is 0 Å². The van der Waals surface area contributed by atoms with Gasteiger partial charge in [-0.05, 0) is 63.1 Å². The van der Waals surface area contributed by atoms with Gasteiger partial charge in [-0.3, -0.25) is 19.1 Å². The second-order valence-electron chi connectivity index (χ2n) is 11.5. The third kappa shape index (κ3) is 5.99. The summed E-state index contributed by atoms with van der Waals surface area (Å²) in [4.78, 5) is 44.4. The number of rotatable bonds is 7. The van der Waals surface area contributed by atoms with Crippen molar-refractivity contribution in [3.05, 3.63) is 52.7 Å². The van der Waals surface area contributed by atoms with Gasteiger partial charge in [0.25, 0.3) is 11.8 Å². The molecule has 3 heterocycles. The van der Waals surface area contributed by atoms with Gasteiger partial charge in [-0.15, -0.1) is 0 Å². The van der Waals surface area contributed by atoms with E-state index in [1.54, 1.807) is 4.90 Å². The quantitative estimate of drug-likeness (QED) is 0.385. The average Bonchev–Trinajstić information content (AvgIpc) is 3.57. The van der Waals surface area contributed by atoms with Crippen molar-refractivity contribution in [1.82, 2.24) is 29.5 Å². The Morgan fingerprint density at radius 1 is 1.05 bits per heavy atom. The van der Waals surface area contributed by atoms with Crippen LogP contribution in [-0.2, 0) is 18.0 Å². The summed E-state index contributed by atoms with van der Waals surface area (Å²) in [5.74, 6) is -1.08. The van der Waals surface area contributed by atoms with Crippen molar-refractivity contribution in [3.63, 3.8) is 0 Å². The minimum absolute atomic E-state index is 0.0552. The maximum absolute atomic E-state index is 13.7. The number of amides is 3. The Bertz CT molecular complexity index is 1570. The number of likely N-dealkylation sites (tertiary alicyclic amines) is 1. The number of carbonyl (C=O) groups excluding carboxylic acids is 3. The van der Waals surface area contributed by atoms with E-state index in [9.17, 15) is 27.6 Å². The highest BCUT2D eigenvalue weighted by Crippen LogP contribution is 2.41. The Labute approximate surface area is 250 Å². The van der Waals surface area contributed by atoms with Crippen LogP contribution >= 0.6 is 11.6 Å². The van der Waals surface area contributed by atoms with Gasteiger partial charge in [0.05, 0.1) is 34.1 Å². The Kier molecular flexibility index (Phi) is 7.69. The summed E-state index contributed by atoms with van der Waals surface area (Å²) in [6.07, 6.45) is 3.77. The molecule has 1 saturated heterocycles. The first-order valence-electron chi connectivity index (χ1n) is 14.4. The molecule has 1 aromatic carbocycles. The summed E-state index contributed by atoms with van der Waals surface area (Å²) in [6.45, 7) is 0.876. The summed E-state index contributed by atoms with van der Waals surface area (Å²) >= 11 is 6.44. The second-order valence-corrected chi connectivity index (χ2v) is 11.9. The zero-order valence-corrected chi connectivity index (χ0v) is 24.2. The van der Waals surface area contributed by atoms with Crippen molar-refractivity contribution in [1.29, 1.82) is 0 Å². The smallest absolute Gasteiger partial charge is 0.353 e. The van der Waals surface area contributed by atoms with Crippen LogP contribution in [0.3, 0.4) is 0 Å². The molecule has 3 fully saturated rings. The first-order chi connectivity index (χ1) is 20.5. The monoisotopic (exact) mass is 617 g/mol. The van der Waals surface area contributed by atoms with Crippen LogP contribution in [0.15, 0.2) is 30.6 Å². The highest BCUT2D eigenvalue weighted by atomic mass is 35.5. The van der Waals surface area contributed by atoms with Gasteiger partial charge in [-0.1, -0.05) is 11.6 Å². The van der Waals surface area contributed by atoms with Crippen LogP contribution in [0.25, 0.3) is 11.3 Å². The molecule has 6 rings (SSSR count). The van der Waals surface area contributed by atoms with Crippen molar-refractivity contribution >= 4 is 35.0 Å². The van der Waals surface area contributed by atoms with Crippen LogP contribution in [0.1, 0.15) is 77.7 Å². The fourth-order valence-electron chi connectivity index (χ4n) is 5.53. The summed E-state index contributed by atoms with van der Waals surface area (Å²) < 4.78 is 43.8. The highest BCUT2D eigenvalue weighted by molar-refractivity contribution is 6.34. The molecule has 10 nitrogen and oxygen atoms in total. The van der Waals surface area contributed by atoms with Crippen LogP contribution in [-0.4, -0.2) is 61.1 Å². The van der Waals surface area contributed by atoms with E-state index >= 15 is 0 Å². The zero-order chi connectivity index (χ0) is 30.5. The maximum Gasteiger partial charge on any atom is 0.435 e. The molecule has 3 amide bonds. The van der Waals surface area contributed by atoms with Gasteiger partial charge in [0, 0.05) is 44.0 Å². The molecule has 0 radical (unpaired) electrons. The predicted octanol–water partition coefficient (Wildman–Crippen LogP) is 5.06. The number of carbonyl (C=O) groups is 3. The number of nitrogens with one attached hydrogen (secondary N) is 2. The van der Waals surface area contributed by atoms with Crippen LogP contribution < -0.4 is 10.6 Å². The van der Waals surface area contributed by atoms with E-state index in [1.165, 1.54) is 46.9 Å². The summed E-state index contributed by atoms with van der Waals surface area (Å²) in [6, 6.07) is 4.71. The number of aromatic nitrogens is 4. The number of benzene rings is 1. The van der Waals surface area contributed by atoms with Crippen LogP contribution in [0.4, 0.5) is 18.9 Å². The highest BCUT2D eigenvalue weighted by Gasteiger charge is 2.40. The molecule has 1 aliphatic heterocycles. The Morgan fingerprint density at radius 2 is 1.77 bits per heavy atom. The molecule has 3 aromatic rings. The van der Waals surface area contributed by atoms with Gasteiger partial charge in [0.15, 0.2) is 11.5 Å². The molecule has 0 spiro atoms. The Morgan fingerprint density at radius 3 is 2.37 bits per heavy atom. The lowest BCUT2D eigenvalue weighted by Crippen LogP contribution is -2.47. The van der Waals surface area contributed by atoms with Crippen LogP contribution in [0, 0.1) is 5.92 Å². The molecular formula is C29H31ClF3N7O3. The van der Waals surface area contributed by atoms with Gasteiger partial charge >= 0.3 is 6.18 Å². The molecule has 2 aliphatic carbocycles. The first-order valence-corrected chi connectivity index (χ1v) is 14.8. The van der Waals surface area contributed by atoms with Crippen molar-refractivity contribution < 1.29 is 27.6 Å². The molecule has 228 valence electrons. The summed E-state index contributed by atoms with van der Waals surface area (Å²) in [7, 11) is 1.46. The van der Waals surface area contributed by atoms with E-state index in [0.717, 1.165) is 32.1 Å². The second kappa shape index (κ2) is 11.3. The lowest BCUT2D eigenvalue weighted by atomic mass is 9.90.